The zero-order valence-electron chi connectivity index (χ0n) is 9.38. The molecule has 0 fully saturated rings. The van der Waals surface area contributed by atoms with Crippen LogP contribution >= 0.6 is 0 Å². The molecule has 0 saturated heterocycles. The van der Waals surface area contributed by atoms with Crippen molar-refractivity contribution < 1.29 is 0 Å². The molecule has 2 rings (SSSR count). The number of hydrogen-bond donors (Lipinski definition) is 2. The molecule has 0 aliphatic carbocycles. The highest BCUT2D eigenvalue weighted by atomic mass is 15.4. The minimum absolute atomic E-state index is 0.221. The Balaban J connectivity index is 2.51. The van der Waals surface area contributed by atoms with Gasteiger partial charge in [-0.05, 0) is 19.4 Å². The molecule has 5 nitrogen and oxygen atoms in total. The van der Waals surface area contributed by atoms with E-state index in [4.69, 9.17) is 11.6 Å². The van der Waals surface area contributed by atoms with Crippen molar-refractivity contribution >= 4 is 5.95 Å². The van der Waals surface area contributed by atoms with E-state index in [0.717, 1.165) is 5.56 Å². The number of aromatic nitrogens is 3. The molecule has 0 saturated carbocycles. The van der Waals surface area contributed by atoms with E-state index in [1.807, 2.05) is 44.2 Å². The molecule has 1 heterocycles. The first kappa shape index (κ1) is 10.5. The largest absolute Gasteiger partial charge is 0.366 e. The van der Waals surface area contributed by atoms with Crippen LogP contribution in [0.1, 0.15) is 25.2 Å². The van der Waals surface area contributed by atoms with Crippen molar-refractivity contribution in [2.45, 2.75) is 19.3 Å². The maximum absolute atomic E-state index is 5.79. The Bertz CT molecular complexity index is 486. The van der Waals surface area contributed by atoms with Crippen LogP contribution in [0.4, 0.5) is 5.95 Å². The second-order valence-corrected chi connectivity index (χ2v) is 4.24. The van der Waals surface area contributed by atoms with Gasteiger partial charge in [-0.15, -0.1) is 10.2 Å². The second-order valence-electron chi connectivity index (χ2n) is 4.24. The van der Waals surface area contributed by atoms with Gasteiger partial charge in [-0.2, -0.15) is 0 Å². The molecule has 2 aromatic rings. The predicted octanol–water partition coefficient (Wildman–Crippen LogP) is 0.900. The lowest BCUT2D eigenvalue weighted by Crippen LogP contribution is -2.28. The molecular weight excluding hydrogens is 202 g/mol. The van der Waals surface area contributed by atoms with Crippen LogP contribution in [0.3, 0.4) is 0 Å². The average Bonchev–Trinajstić information content (AvgIpc) is 2.61. The summed E-state index contributed by atoms with van der Waals surface area (Å²) in [6.07, 6.45) is 0. The molecule has 4 N–H and O–H groups in total. The first-order valence-electron chi connectivity index (χ1n) is 5.05. The van der Waals surface area contributed by atoms with Crippen molar-refractivity contribution in [2.24, 2.45) is 0 Å². The summed E-state index contributed by atoms with van der Waals surface area (Å²) >= 11 is 0. The Hall–Kier alpha value is -2.04. The van der Waals surface area contributed by atoms with Gasteiger partial charge in [0.1, 0.15) is 0 Å². The molecule has 0 aliphatic heterocycles. The monoisotopic (exact) mass is 217 g/mol. The van der Waals surface area contributed by atoms with Crippen molar-refractivity contribution in [1.29, 1.82) is 0 Å². The summed E-state index contributed by atoms with van der Waals surface area (Å²) in [6.45, 7) is 4.07. The number of rotatable bonds is 2. The molecule has 0 unspecified atom stereocenters. The number of nitrogens with two attached hydrogens (primary N) is 2. The minimum Gasteiger partial charge on any atom is -0.366 e. The SMILES string of the molecule is CC(C)(c1ccccc1)c1nnc(N)n1N. The Morgan fingerprint density at radius 1 is 1.12 bits per heavy atom. The smallest absolute Gasteiger partial charge is 0.240 e. The molecular formula is C11H15N5. The first-order valence-corrected chi connectivity index (χ1v) is 5.05. The van der Waals surface area contributed by atoms with Crippen molar-refractivity contribution in [3.05, 3.63) is 41.7 Å². The van der Waals surface area contributed by atoms with Gasteiger partial charge in [-0.3, -0.25) is 0 Å². The van der Waals surface area contributed by atoms with Crippen molar-refractivity contribution in [1.82, 2.24) is 14.9 Å². The number of benzene rings is 1. The topological polar surface area (TPSA) is 82.8 Å². The molecule has 84 valence electrons. The van der Waals surface area contributed by atoms with E-state index >= 15 is 0 Å². The fraction of sp³-hybridized carbons (Fsp3) is 0.273. The third-order valence-corrected chi connectivity index (χ3v) is 2.78. The van der Waals surface area contributed by atoms with E-state index in [1.54, 1.807) is 0 Å². The van der Waals surface area contributed by atoms with Crippen LogP contribution in [0.15, 0.2) is 30.3 Å². The van der Waals surface area contributed by atoms with Crippen LogP contribution in [-0.2, 0) is 5.41 Å². The summed E-state index contributed by atoms with van der Waals surface area (Å²) in [5, 5.41) is 7.80. The lowest BCUT2D eigenvalue weighted by atomic mass is 9.84. The third kappa shape index (κ3) is 1.50. The van der Waals surface area contributed by atoms with Crippen molar-refractivity contribution in [3.8, 4) is 0 Å². The Morgan fingerprint density at radius 2 is 1.75 bits per heavy atom. The van der Waals surface area contributed by atoms with E-state index in [9.17, 15) is 0 Å². The van der Waals surface area contributed by atoms with Crippen molar-refractivity contribution in [3.63, 3.8) is 0 Å². The molecule has 1 aromatic carbocycles. The Labute approximate surface area is 94.1 Å². The standard InChI is InChI=1S/C11H15N5/c1-11(2,8-6-4-3-5-7-8)9-14-15-10(12)16(9)13/h3-7H,13H2,1-2H3,(H2,12,15). The van der Waals surface area contributed by atoms with Crippen LogP contribution in [0.5, 0.6) is 0 Å². The lowest BCUT2D eigenvalue weighted by molar-refractivity contribution is 0.570. The first-order chi connectivity index (χ1) is 7.53. The van der Waals surface area contributed by atoms with Crippen LogP contribution in [0.25, 0.3) is 0 Å². The minimum atomic E-state index is -0.319. The summed E-state index contributed by atoms with van der Waals surface area (Å²) in [7, 11) is 0. The number of nitrogen functional groups attached to an aromatic ring is 2. The van der Waals surface area contributed by atoms with Gasteiger partial charge >= 0.3 is 0 Å². The molecule has 0 bridgehead atoms. The lowest BCUT2D eigenvalue weighted by Gasteiger charge is -2.23. The number of hydrogen-bond acceptors (Lipinski definition) is 4. The van der Waals surface area contributed by atoms with E-state index in [-0.39, 0.29) is 11.4 Å². The zero-order valence-corrected chi connectivity index (χ0v) is 9.38. The Kier molecular flexibility index (Phi) is 2.30. The van der Waals surface area contributed by atoms with Gasteiger partial charge in [0, 0.05) is 0 Å². The van der Waals surface area contributed by atoms with E-state index < -0.39 is 0 Å². The maximum Gasteiger partial charge on any atom is 0.240 e. The summed E-state index contributed by atoms with van der Waals surface area (Å²) in [5.41, 5.74) is 6.38. The predicted molar refractivity (Wildman–Crippen MR) is 63.2 cm³/mol. The number of anilines is 1. The zero-order chi connectivity index (χ0) is 11.8. The molecule has 0 spiro atoms. The van der Waals surface area contributed by atoms with Gasteiger partial charge < -0.3 is 11.6 Å². The van der Waals surface area contributed by atoms with Gasteiger partial charge in [-0.1, -0.05) is 30.3 Å². The number of nitrogens with zero attached hydrogens (tertiary/aromatic N) is 3. The van der Waals surface area contributed by atoms with Gasteiger partial charge in [0.2, 0.25) is 5.95 Å². The summed E-state index contributed by atoms with van der Waals surface area (Å²) < 4.78 is 1.33. The van der Waals surface area contributed by atoms with Crippen LogP contribution in [0.2, 0.25) is 0 Å². The van der Waals surface area contributed by atoms with Gasteiger partial charge in [0.05, 0.1) is 5.41 Å². The third-order valence-electron chi connectivity index (χ3n) is 2.78. The fourth-order valence-electron chi connectivity index (χ4n) is 1.71. The molecule has 0 radical (unpaired) electrons. The summed E-state index contributed by atoms with van der Waals surface area (Å²) in [6, 6.07) is 10.0. The Morgan fingerprint density at radius 3 is 2.25 bits per heavy atom. The van der Waals surface area contributed by atoms with Crippen LogP contribution < -0.4 is 11.6 Å². The molecule has 5 heteroatoms. The highest BCUT2D eigenvalue weighted by molar-refractivity contribution is 5.33. The van der Waals surface area contributed by atoms with Gasteiger partial charge in [-0.25, -0.2) is 4.68 Å². The summed E-state index contributed by atoms with van der Waals surface area (Å²) in [5.74, 6) is 6.66. The average molecular weight is 217 g/mol. The van der Waals surface area contributed by atoms with Gasteiger partial charge in [0.15, 0.2) is 5.82 Å². The van der Waals surface area contributed by atoms with Crippen LogP contribution in [-0.4, -0.2) is 14.9 Å². The maximum atomic E-state index is 5.79. The highest BCUT2D eigenvalue weighted by Crippen LogP contribution is 2.29. The van der Waals surface area contributed by atoms with Crippen molar-refractivity contribution in [2.75, 3.05) is 11.6 Å². The normalized spacial score (nSPS) is 11.6. The van der Waals surface area contributed by atoms with Gasteiger partial charge in [0.25, 0.3) is 0 Å². The van der Waals surface area contributed by atoms with E-state index in [2.05, 4.69) is 10.2 Å². The molecule has 0 aliphatic rings. The quantitative estimate of drug-likeness (QED) is 0.732. The van der Waals surface area contributed by atoms with Crippen LogP contribution in [0, 0.1) is 0 Å². The molecule has 1 aromatic heterocycles. The molecule has 16 heavy (non-hydrogen) atoms. The van der Waals surface area contributed by atoms with E-state index in [1.165, 1.54) is 4.68 Å². The second kappa shape index (κ2) is 3.52. The fourth-order valence-corrected chi connectivity index (χ4v) is 1.71. The van der Waals surface area contributed by atoms with E-state index in [0.29, 0.717) is 5.82 Å². The molecule has 0 amide bonds. The molecule has 0 atom stereocenters. The highest BCUT2D eigenvalue weighted by Gasteiger charge is 2.29. The summed E-state index contributed by atoms with van der Waals surface area (Å²) in [4.78, 5) is 0.